The number of benzene rings is 1. The molecule has 1 aliphatic heterocycles. The summed E-state index contributed by atoms with van der Waals surface area (Å²) in [6.45, 7) is 1.32. The van der Waals surface area contributed by atoms with Gasteiger partial charge in [0.1, 0.15) is 5.75 Å². The Kier molecular flexibility index (Phi) is 2.53. The first-order chi connectivity index (χ1) is 11.5. The molecule has 122 valence electrons. The Morgan fingerprint density at radius 3 is 2.29 bits per heavy atom. The molecular formula is C19H17NO4. The van der Waals surface area contributed by atoms with Gasteiger partial charge in [0.25, 0.3) is 0 Å². The number of carbonyl (C=O) groups is 3. The van der Waals surface area contributed by atoms with Crippen LogP contribution in [0.15, 0.2) is 36.4 Å². The summed E-state index contributed by atoms with van der Waals surface area (Å²) < 4.78 is 5.08. The monoisotopic (exact) mass is 323 g/mol. The molecular weight excluding hydrogens is 306 g/mol. The number of hydrogen-bond acceptors (Lipinski definition) is 4. The first kappa shape index (κ1) is 14.0. The third kappa shape index (κ3) is 1.57. The van der Waals surface area contributed by atoms with E-state index in [4.69, 9.17) is 4.74 Å². The molecule has 1 heterocycles. The van der Waals surface area contributed by atoms with Crippen LogP contribution < -0.4 is 9.64 Å². The lowest BCUT2D eigenvalue weighted by atomic mass is 9.85. The second-order valence-corrected chi connectivity index (χ2v) is 7.32. The van der Waals surface area contributed by atoms with Crippen molar-refractivity contribution in [3.8, 4) is 5.75 Å². The molecule has 4 atom stereocenters. The van der Waals surface area contributed by atoms with E-state index in [0.717, 1.165) is 12.8 Å². The van der Waals surface area contributed by atoms with E-state index >= 15 is 0 Å². The summed E-state index contributed by atoms with van der Waals surface area (Å²) in [6.07, 6.45) is 6.57. The van der Waals surface area contributed by atoms with E-state index in [-0.39, 0.29) is 40.9 Å². The summed E-state index contributed by atoms with van der Waals surface area (Å²) >= 11 is 0. The molecule has 5 heteroatoms. The Hall–Kier alpha value is -2.43. The van der Waals surface area contributed by atoms with Crippen molar-refractivity contribution in [3.05, 3.63) is 36.4 Å². The van der Waals surface area contributed by atoms with Gasteiger partial charge in [-0.1, -0.05) is 18.2 Å². The normalized spacial score (nSPS) is 34.1. The van der Waals surface area contributed by atoms with Gasteiger partial charge in [-0.3, -0.25) is 14.4 Å². The molecule has 3 fully saturated rings. The van der Waals surface area contributed by atoms with Crippen LogP contribution in [0.5, 0.6) is 5.75 Å². The Balaban J connectivity index is 1.51. The van der Waals surface area contributed by atoms with Gasteiger partial charge in [0.05, 0.1) is 17.5 Å². The molecule has 1 aromatic rings. The minimum Gasteiger partial charge on any atom is -0.427 e. The molecule has 2 saturated carbocycles. The largest absolute Gasteiger partial charge is 0.427 e. The average molecular weight is 323 g/mol. The molecule has 0 radical (unpaired) electrons. The minimum atomic E-state index is -0.430. The van der Waals surface area contributed by atoms with Gasteiger partial charge in [0.15, 0.2) is 0 Å². The summed E-state index contributed by atoms with van der Waals surface area (Å²) in [7, 11) is 0. The Bertz CT molecular complexity index is 788. The van der Waals surface area contributed by atoms with E-state index < -0.39 is 5.97 Å². The third-order valence-electron chi connectivity index (χ3n) is 6.19. The molecule has 0 N–H and O–H groups in total. The molecule has 0 unspecified atom stereocenters. The maximum absolute atomic E-state index is 13.0. The van der Waals surface area contributed by atoms with Crippen LogP contribution >= 0.6 is 0 Å². The molecule has 4 aliphatic rings. The SMILES string of the molecule is CC(=O)Oc1cccc(N2C(=O)[C@@H]3[C@@H](C2=O)[C@@H]2C=C[C@H]3C23CC3)c1. The highest BCUT2D eigenvalue weighted by molar-refractivity contribution is 6.23. The van der Waals surface area contributed by atoms with Crippen LogP contribution in [0, 0.1) is 29.1 Å². The fourth-order valence-electron chi connectivity index (χ4n) is 5.18. The zero-order chi connectivity index (χ0) is 16.6. The van der Waals surface area contributed by atoms with E-state index in [2.05, 4.69) is 12.2 Å². The van der Waals surface area contributed by atoms with E-state index in [9.17, 15) is 14.4 Å². The highest BCUT2D eigenvalue weighted by atomic mass is 16.5. The average Bonchev–Trinajstić information content (AvgIpc) is 3.12. The van der Waals surface area contributed by atoms with Crippen molar-refractivity contribution in [2.45, 2.75) is 19.8 Å². The number of esters is 1. The van der Waals surface area contributed by atoms with Crippen molar-refractivity contribution in [3.63, 3.8) is 0 Å². The number of anilines is 1. The van der Waals surface area contributed by atoms with Crippen LogP contribution in [0.2, 0.25) is 0 Å². The van der Waals surface area contributed by atoms with Gasteiger partial charge in [0.2, 0.25) is 11.8 Å². The first-order valence-corrected chi connectivity index (χ1v) is 8.37. The maximum atomic E-state index is 13.0. The van der Waals surface area contributed by atoms with E-state index in [0.29, 0.717) is 11.4 Å². The van der Waals surface area contributed by atoms with Gasteiger partial charge in [-0.2, -0.15) is 0 Å². The lowest BCUT2D eigenvalue weighted by Crippen LogP contribution is -2.34. The van der Waals surface area contributed by atoms with Crippen LogP contribution in [0.3, 0.4) is 0 Å². The Morgan fingerprint density at radius 1 is 1.12 bits per heavy atom. The molecule has 1 saturated heterocycles. The summed E-state index contributed by atoms with van der Waals surface area (Å²) in [5, 5.41) is 0. The molecule has 0 aromatic heterocycles. The quantitative estimate of drug-likeness (QED) is 0.363. The lowest BCUT2D eigenvalue weighted by molar-refractivity contribution is -0.132. The van der Waals surface area contributed by atoms with Crippen molar-refractivity contribution in [1.29, 1.82) is 0 Å². The molecule has 5 rings (SSSR count). The van der Waals surface area contributed by atoms with Crippen molar-refractivity contribution < 1.29 is 19.1 Å². The zero-order valence-electron chi connectivity index (χ0n) is 13.3. The number of imide groups is 1. The summed E-state index contributed by atoms with van der Waals surface area (Å²) in [4.78, 5) is 38.4. The first-order valence-electron chi connectivity index (χ1n) is 8.37. The van der Waals surface area contributed by atoms with Crippen LogP contribution in [0.25, 0.3) is 0 Å². The van der Waals surface area contributed by atoms with E-state index in [1.165, 1.54) is 11.8 Å². The van der Waals surface area contributed by atoms with Crippen LogP contribution in [-0.4, -0.2) is 17.8 Å². The van der Waals surface area contributed by atoms with Crippen molar-refractivity contribution in [2.24, 2.45) is 29.1 Å². The molecule has 1 aromatic carbocycles. The number of allylic oxidation sites excluding steroid dienone is 2. The Morgan fingerprint density at radius 2 is 1.75 bits per heavy atom. The van der Waals surface area contributed by atoms with E-state index in [1.54, 1.807) is 24.3 Å². The van der Waals surface area contributed by atoms with Crippen LogP contribution in [0.1, 0.15) is 19.8 Å². The highest BCUT2D eigenvalue weighted by Crippen LogP contribution is 2.73. The summed E-state index contributed by atoms with van der Waals surface area (Å²) in [5.41, 5.74) is 0.689. The van der Waals surface area contributed by atoms with Gasteiger partial charge in [0, 0.05) is 13.0 Å². The molecule has 3 aliphatic carbocycles. The molecule has 2 amide bonds. The molecule has 1 spiro atoms. The van der Waals surface area contributed by atoms with Crippen molar-refractivity contribution in [2.75, 3.05) is 4.90 Å². The number of hydrogen-bond donors (Lipinski definition) is 0. The number of ether oxygens (including phenoxy) is 1. The predicted molar refractivity (Wildman–Crippen MR) is 85.0 cm³/mol. The third-order valence-corrected chi connectivity index (χ3v) is 6.19. The fraction of sp³-hybridized carbons (Fsp3) is 0.421. The van der Waals surface area contributed by atoms with Gasteiger partial charge >= 0.3 is 5.97 Å². The minimum absolute atomic E-state index is 0.104. The molecule has 5 nitrogen and oxygen atoms in total. The molecule has 2 bridgehead atoms. The van der Waals surface area contributed by atoms with E-state index in [1.807, 2.05) is 0 Å². The van der Waals surface area contributed by atoms with Crippen LogP contribution in [0.4, 0.5) is 5.69 Å². The number of nitrogens with zero attached hydrogens (tertiary/aromatic N) is 1. The predicted octanol–water partition coefficient (Wildman–Crippen LogP) is 2.31. The van der Waals surface area contributed by atoms with Gasteiger partial charge in [-0.05, 0) is 42.2 Å². The standard InChI is InChI=1S/C19H17NO4/c1-10(21)24-12-4-2-3-11(9-12)20-17(22)15-13-5-6-14(16(15)18(20)23)19(13)7-8-19/h2-6,9,13-16H,7-8H2,1H3/t13-,14+,15-,16-/m0/s1. The van der Waals surface area contributed by atoms with Crippen molar-refractivity contribution in [1.82, 2.24) is 0 Å². The second-order valence-electron chi connectivity index (χ2n) is 7.32. The van der Waals surface area contributed by atoms with Gasteiger partial charge in [-0.15, -0.1) is 0 Å². The number of rotatable bonds is 2. The topological polar surface area (TPSA) is 63.7 Å². The highest BCUT2D eigenvalue weighted by Gasteiger charge is 2.73. The Labute approximate surface area is 139 Å². The summed E-state index contributed by atoms with van der Waals surface area (Å²) in [5.74, 6) is -0.296. The van der Waals surface area contributed by atoms with Gasteiger partial charge in [-0.25, -0.2) is 4.90 Å². The number of carbonyl (C=O) groups excluding carboxylic acids is 3. The zero-order valence-corrected chi connectivity index (χ0v) is 13.3. The van der Waals surface area contributed by atoms with Gasteiger partial charge < -0.3 is 4.74 Å². The van der Waals surface area contributed by atoms with Crippen molar-refractivity contribution >= 4 is 23.5 Å². The lowest BCUT2D eigenvalue weighted by Gasteiger charge is -2.22. The maximum Gasteiger partial charge on any atom is 0.308 e. The fourth-order valence-corrected chi connectivity index (χ4v) is 5.18. The number of amides is 2. The molecule has 24 heavy (non-hydrogen) atoms. The number of fused-ring (bicyclic) bond motifs is 3. The van der Waals surface area contributed by atoms with Crippen LogP contribution in [-0.2, 0) is 14.4 Å². The second kappa shape index (κ2) is 4.35. The summed E-state index contributed by atoms with van der Waals surface area (Å²) in [6, 6.07) is 6.63. The smallest absolute Gasteiger partial charge is 0.308 e.